The van der Waals surface area contributed by atoms with Crippen molar-refractivity contribution in [2.45, 2.75) is 32.6 Å². The SMILES string of the molecule is CC(C)CN(CC(C)C)S(=O)(=O)c1ccc2nc(NC(=O)c3ccc(Br)cc3)sc2c1. The fourth-order valence-electron chi connectivity index (χ4n) is 3.12. The summed E-state index contributed by atoms with van der Waals surface area (Å²) in [5.74, 6) is 0.182. The Hall–Kier alpha value is -1.81. The molecule has 31 heavy (non-hydrogen) atoms. The van der Waals surface area contributed by atoms with E-state index in [4.69, 9.17) is 0 Å². The molecule has 0 atom stereocenters. The highest BCUT2D eigenvalue weighted by atomic mass is 79.9. The highest BCUT2D eigenvalue weighted by Crippen LogP contribution is 2.30. The number of halogens is 1. The van der Waals surface area contributed by atoms with Crippen LogP contribution in [-0.2, 0) is 10.0 Å². The zero-order valence-corrected chi connectivity index (χ0v) is 21.1. The lowest BCUT2D eigenvalue weighted by Gasteiger charge is -2.25. The van der Waals surface area contributed by atoms with E-state index in [2.05, 4.69) is 26.2 Å². The fraction of sp³-hybridized carbons (Fsp3) is 0.364. The number of thiazole rings is 1. The van der Waals surface area contributed by atoms with Gasteiger partial charge < -0.3 is 0 Å². The summed E-state index contributed by atoms with van der Waals surface area (Å²) in [5, 5.41) is 3.22. The first-order valence-electron chi connectivity index (χ1n) is 10.0. The third-order valence-corrected chi connectivity index (χ3v) is 7.75. The van der Waals surface area contributed by atoms with Crippen LogP contribution in [0.4, 0.5) is 5.13 Å². The van der Waals surface area contributed by atoms with Crippen LogP contribution < -0.4 is 5.32 Å². The number of aromatic nitrogens is 1. The first kappa shape index (κ1) is 23.8. The lowest BCUT2D eigenvalue weighted by atomic mass is 10.2. The third-order valence-electron chi connectivity index (χ3n) is 4.46. The van der Waals surface area contributed by atoms with Crippen molar-refractivity contribution in [1.29, 1.82) is 0 Å². The van der Waals surface area contributed by atoms with Gasteiger partial charge >= 0.3 is 0 Å². The lowest BCUT2D eigenvalue weighted by molar-refractivity contribution is 0.102. The molecule has 3 aromatic rings. The van der Waals surface area contributed by atoms with E-state index in [1.807, 2.05) is 27.7 Å². The second kappa shape index (κ2) is 9.77. The number of hydrogen-bond acceptors (Lipinski definition) is 5. The lowest BCUT2D eigenvalue weighted by Crippen LogP contribution is -2.37. The van der Waals surface area contributed by atoms with Gasteiger partial charge in [0.1, 0.15) is 0 Å². The Morgan fingerprint density at radius 2 is 1.68 bits per heavy atom. The maximum atomic E-state index is 13.3. The van der Waals surface area contributed by atoms with Crippen LogP contribution in [0.25, 0.3) is 10.2 Å². The Balaban J connectivity index is 1.87. The number of hydrogen-bond donors (Lipinski definition) is 1. The van der Waals surface area contributed by atoms with Crippen LogP contribution in [0.15, 0.2) is 51.8 Å². The van der Waals surface area contributed by atoms with Crippen molar-refractivity contribution in [3.8, 4) is 0 Å². The number of amides is 1. The molecule has 0 aliphatic carbocycles. The molecule has 1 heterocycles. The van der Waals surface area contributed by atoms with Gasteiger partial charge in [-0.1, -0.05) is 55.0 Å². The topological polar surface area (TPSA) is 79.4 Å². The molecule has 0 saturated heterocycles. The van der Waals surface area contributed by atoms with E-state index in [-0.39, 0.29) is 22.6 Å². The van der Waals surface area contributed by atoms with Gasteiger partial charge in [0.05, 0.1) is 15.1 Å². The Morgan fingerprint density at radius 3 is 2.26 bits per heavy atom. The number of carbonyl (C=O) groups excluding carboxylic acids is 1. The minimum Gasteiger partial charge on any atom is -0.298 e. The standard InChI is InChI=1S/C22H26BrN3O3S2/c1-14(2)12-26(13-15(3)4)31(28,29)18-9-10-19-20(11-18)30-22(24-19)25-21(27)16-5-7-17(23)8-6-16/h5-11,14-15H,12-13H2,1-4H3,(H,24,25,27). The predicted octanol–water partition coefficient (Wildman–Crippen LogP) is 5.61. The van der Waals surface area contributed by atoms with Crippen molar-refractivity contribution in [1.82, 2.24) is 9.29 Å². The first-order chi connectivity index (χ1) is 14.6. The van der Waals surface area contributed by atoms with Gasteiger partial charge in [0.25, 0.3) is 5.91 Å². The van der Waals surface area contributed by atoms with Gasteiger partial charge in [-0.05, 0) is 54.3 Å². The Kier molecular flexibility index (Phi) is 7.51. The molecule has 0 unspecified atom stereocenters. The van der Waals surface area contributed by atoms with E-state index in [9.17, 15) is 13.2 Å². The second-order valence-corrected chi connectivity index (χ2v) is 12.1. The zero-order valence-electron chi connectivity index (χ0n) is 17.9. The number of anilines is 1. The van der Waals surface area contributed by atoms with Crippen molar-refractivity contribution < 1.29 is 13.2 Å². The maximum Gasteiger partial charge on any atom is 0.257 e. The van der Waals surface area contributed by atoms with Crippen LogP contribution in [0.3, 0.4) is 0 Å². The summed E-state index contributed by atoms with van der Waals surface area (Å²) in [6.07, 6.45) is 0. The monoisotopic (exact) mass is 523 g/mol. The Bertz CT molecular complexity index is 1160. The van der Waals surface area contributed by atoms with Crippen molar-refractivity contribution in [2.75, 3.05) is 18.4 Å². The molecule has 0 saturated carbocycles. The smallest absolute Gasteiger partial charge is 0.257 e. The molecule has 0 bridgehead atoms. The minimum atomic E-state index is -3.62. The largest absolute Gasteiger partial charge is 0.298 e. The van der Waals surface area contributed by atoms with Gasteiger partial charge in [-0.15, -0.1) is 0 Å². The van der Waals surface area contributed by atoms with E-state index < -0.39 is 10.0 Å². The van der Waals surface area contributed by atoms with Crippen molar-refractivity contribution in [3.63, 3.8) is 0 Å². The van der Waals surface area contributed by atoms with E-state index in [1.165, 1.54) is 11.3 Å². The van der Waals surface area contributed by atoms with Crippen LogP contribution >= 0.6 is 27.3 Å². The average molecular weight is 525 g/mol. The minimum absolute atomic E-state index is 0.223. The third kappa shape index (κ3) is 5.91. The quantitative estimate of drug-likeness (QED) is 0.415. The number of carbonyl (C=O) groups is 1. The summed E-state index contributed by atoms with van der Waals surface area (Å²) >= 11 is 4.61. The predicted molar refractivity (Wildman–Crippen MR) is 130 cm³/mol. The number of benzene rings is 2. The molecule has 1 N–H and O–H groups in total. The molecule has 0 spiro atoms. The van der Waals surface area contributed by atoms with E-state index in [0.717, 1.165) is 4.47 Å². The van der Waals surface area contributed by atoms with Crippen LogP contribution in [0.2, 0.25) is 0 Å². The summed E-state index contributed by atoms with van der Waals surface area (Å²) in [4.78, 5) is 17.1. The molecule has 0 radical (unpaired) electrons. The van der Waals surface area contributed by atoms with E-state index in [1.54, 1.807) is 46.8 Å². The molecule has 0 aliphatic rings. The van der Waals surface area contributed by atoms with Crippen LogP contribution in [0.1, 0.15) is 38.1 Å². The van der Waals surface area contributed by atoms with Crippen molar-refractivity contribution in [2.24, 2.45) is 11.8 Å². The number of fused-ring (bicyclic) bond motifs is 1. The highest BCUT2D eigenvalue weighted by molar-refractivity contribution is 9.10. The van der Waals surface area contributed by atoms with Crippen LogP contribution in [0.5, 0.6) is 0 Å². The molecule has 166 valence electrons. The number of nitrogens with zero attached hydrogens (tertiary/aromatic N) is 2. The van der Waals surface area contributed by atoms with Gasteiger partial charge in [0.15, 0.2) is 5.13 Å². The van der Waals surface area contributed by atoms with Gasteiger partial charge in [-0.25, -0.2) is 13.4 Å². The number of sulfonamides is 1. The molecule has 6 nitrogen and oxygen atoms in total. The normalized spacial score (nSPS) is 12.3. The molecular formula is C22H26BrN3O3S2. The average Bonchev–Trinajstić information content (AvgIpc) is 3.08. The van der Waals surface area contributed by atoms with Crippen molar-refractivity contribution in [3.05, 3.63) is 52.5 Å². The number of nitrogens with one attached hydrogen (secondary N) is 1. The molecule has 0 fully saturated rings. The van der Waals surface area contributed by atoms with Crippen LogP contribution in [0, 0.1) is 11.8 Å². The summed E-state index contributed by atoms with van der Waals surface area (Å²) in [6.45, 7) is 8.97. The zero-order chi connectivity index (χ0) is 22.8. The Morgan fingerprint density at radius 1 is 1.06 bits per heavy atom. The summed E-state index contributed by atoms with van der Waals surface area (Å²) in [6, 6.07) is 12.0. The highest BCUT2D eigenvalue weighted by Gasteiger charge is 2.26. The van der Waals surface area contributed by atoms with Crippen LogP contribution in [-0.4, -0.2) is 36.7 Å². The summed E-state index contributed by atoms with van der Waals surface area (Å²) in [7, 11) is -3.62. The van der Waals surface area contributed by atoms with Gasteiger partial charge in [0.2, 0.25) is 10.0 Å². The second-order valence-electron chi connectivity index (χ2n) is 8.22. The maximum absolute atomic E-state index is 13.3. The first-order valence-corrected chi connectivity index (χ1v) is 13.1. The van der Waals surface area contributed by atoms with Crippen molar-refractivity contribution >= 4 is 58.5 Å². The fourth-order valence-corrected chi connectivity index (χ4v) is 6.16. The van der Waals surface area contributed by atoms with E-state index in [0.29, 0.717) is 34.0 Å². The molecule has 1 aromatic heterocycles. The van der Waals surface area contributed by atoms with Gasteiger partial charge in [-0.2, -0.15) is 4.31 Å². The van der Waals surface area contributed by atoms with E-state index >= 15 is 0 Å². The molecule has 9 heteroatoms. The molecule has 1 amide bonds. The molecule has 3 rings (SSSR count). The molecular weight excluding hydrogens is 498 g/mol. The summed E-state index contributed by atoms with van der Waals surface area (Å²) in [5.41, 5.74) is 1.16. The Labute approximate surface area is 195 Å². The summed E-state index contributed by atoms with van der Waals surface area (Å²) < 4.78 is 29.7. The molecule has 0 aliphatic heterocycles. The number of rotatable bonds is 8. The molecule has 2 aromatic carbocycles. The van der Waals surface area contributed by atoms with Gasteiger partial charge in [0, 0.05) is 23.1 Å². The van der Waals surface area contributed by atoms with Gasteiger partial charge in [-0.3, -0.25) is 10.1 Å².